The number of rotatable bonds is 2. The molecule has 1 aliphatic heterocycles. The number of hydrogen-bond acceptors (Lipinski definition) is 2. The first kappa shape index (κ1) is 20.8. The third-order valence-corrected chi connectivity index (χ3v) is 6.38. The Balaban J connectivity index is 0.000000156. The monoisotopic (exact) mass is 491 g/mol. The summed E-state index contributed by atoms with van der Waals surface area (Å²) in [6, 6.07) is 16.6. The normalized spacial score (nSPS) is 18.9. The zero-order chi connectivity index (χ0) is 19.1. The van der Waals surface area contributed by atoms with Gasteiger partial charge in [-0.2, -0.15) is 0 Å². The smallest absolute Gasteiger partial charge is 0.0920 e. The van der Waals surface area contributed by atoms with Crippen LogP contribution in [0.1, 0.15) is 49.7 Å². The Hall–Kier alpha value is -0.940. The lowest BCUT2D eigenvalue weighted by Gasteiger charge is -2.33. The lowest BCUT2D eigenvalue weighted by Crippen LogP contribution is -2.39. The minimum atomic E-state index is -0.619. The summed E-state index contributed by atoms with van der Waals surface area (Å²) < 4.78 is 2.21. The average molecular weight is 493 g/mol. The molecule has 2 aromatic carbocycles. The second kappa shape index (κ2) is 10.0. The van der Waals surface area contributed by atoms with Crippen LogP contribution in [0.15, 0.2) is 63.6 Å². The predicted molar refractivity (Wildman–Crippen MR) is 121 cm³/mol. The van der Waals surface area contributed by atoms with Gasteiger partial charge in [0.15, 0.2) is 0 Å². The van der Waals surface area contributed by atoms with Crippen molar-refractivity contribution in [1.82, 2.24) is 5.32 Å². The van der Waals surface area contributed by atoms with Gasteiger partial charge in [0.05, 0.1) is 5.60 Å². The maximum atomic E-state index is 10.4. The van der Waals surface area contributed by atoms with Crippen molar-refractivity contribution in [2.45, 2.75) is 44.1 Å². The van der Waals surface area contributed by atoms with E-state index in [2.05, 4.69) is 67.5 Å². The lowest BCUT2D eigenvalue weighted by molar-refractivity contribution is 0.00593. The van der Waals surface area contributed by atoms with E-state index in [1.165, 1.54) is 36.8 Å². The highest BCUT2D eigenvalue weighted by Gasteiger charge is 2.30. The minimum Gasteiger partial charge on any atom is -0.385 e. The molecule has 0 amide bonds. The van der Waals surface area contributed by atoms with E-state index < -0.39 is 5.60 Å². The van der Waals surface area contributed by atoms with Crippen LogP contribution in [0, 0.1) is 0 Å². The van der Waals surface area contributed by atoms with Crippen LogP contribution < -0.4 is 5.32 Å². The molecule has 144 valence electrons. The molecule has 4 heteroatoms. The summed E-state index contributed by atoms with van der Waals surface area (Å²) in [5.41, 5.74) is 3.33. The van der Waals surface area contributed by atoms with E-state index in [1.807, 2.05) is 24.3 Å². The number of piperidine rings is 1. The molecule has 1 saturated heterocycles. The fraction of sp³-hybridized carbons (Fsp3) is 0.391. The van der Waals surface area contributed by atoms with Crippen LogP contribution in [0.2, 0.25) is 0 Å². The number of hydrogen-bond donors (Lipinski definition) is 2. The lowest BCUT2D eigenvalue weighted by atomic mass is 9.85. The summed E-state index contributed by atoms with van der Waals surface area (Å²) >= 11 is 6.84. The summed E-state index contributed by atoms with van der Waals surface area (Å²) in [7, 11) is 0. The van der Waals surface area contributed by atoms with E-state index in [0.29, 0.717) is 0 Å². The molecule has 27 heavy (non-hydrogen) atoms. The maximum Gasteiger partial charge on any atom is 0.0920 e. The third kappa shape index (κ3) is 6.02. The molecule has 0 atom stereocenters. The molecule has 0 bridgehead atoms. The van der Waals surface area contributed by atoms with Crippen LogP contribution in [0.5, 0.6) is 0 Å². The van der Waals surface area contributed by atoms with E-state index in [0.717, 1.165) is 40.4 Å². The summed E-state index contributed by atoms with van der Waals surface area (Å²) in [5, 5.41) is 13.6. The Morgan fingerprint density at radius 1 is 0.815 bits per heavy atom. The van der Waals surface area contributed by atoms with Crippen molar-refractivity contribution in [3.8, 4) is 0 Å². The third-order valence-electron chi connectivity index (χ3n) is 5.32. The van der Waals surface area contributed by atoms with Crippen LogP contribution >= 0.6 is 31.9 Å². The first-order chi connectivity index (χ1) is 13.1. The maximum absolute atomic E-state index is 10.4. The van der Waals surface area contributed by atoms with Crippen molar-refractivity contribution in [2.24, 2.45) is 0 Å². The standard InChI is InChI=1S/C12H13Br.C11H14BrNO/c13-12-8-6-11(7-9-12)10-4-2-1-3-5-10;12-10-3-1-9(2-4-10)11(14)5-7-13-8-6-11/h4,6-9H,1-3,5H2;1-4,13-14H,5-8H2. The Kier molecular flexibility index (Phi) is 7.71. The fourth-order valence-corrected chi connectivity index (χ4v) is 4.18. The Morgan fingerprint density at radius 2 is 1.41 bits per heavy atom. The minimum absolute atomic E-state index is 0.619. The van der Waals surface area contributed by atoms with Gasteiger partial charge < -0.3 is 10.4 Å². The van der Waals surface area contributed by atoms with Gasteiger partial charge in [-0.15, -0.1) is 0 Å². The van der Waals surface area contributed by atoms with E-state index in [-0.39, 0.29) is 0 Å². The molecule has 0 spiro atoms. The molecule has 0 unspecified atom stereocenters. The SMILES string of the molecule is Brc1ccc(C2=CCCCC2)cc1.OC1(c2ccc(Br)cc2)CCNCC1. The van der Waals surface area contributed by atoms with Gasteiger partial charge in [0.25, 0.3) is 0 Å². The van der Waals surface area contributed by atoms with Gasteiger partial charge in [0, 0.05) is 8.95 Å². The molecule has 0 saturated carbocycles. The highest BCUT2D eigenvalue weighted by molar-refractivity contribution is 9.10. The Labute approximate surface area is 179 Å². The molecule has 2 nitrogen and oxygen atoms in total. The predicted octanol–water partition coefficient (Wildman–Crippen LogP) is 6.43. The second-order valence-electron chi connectivity index (χ2n) is 7.27. The summed E-state index contributed by atoms with van der Waals surface area (Å²) in [6.45, 7) is 1.79. The molecule has 1 fully saturated rings. The summed E-state index contributed by atoms with van der Waals surface area (Å²) in [4.78, 5) is 0. The van der Waals surface area contributed by atoms with Gasteiger partial charge in [0.1, 0.15) is 0 Å². The molecule has 1 aliphatic carbocycles. The van der Waals surface area contributed by atoms with Crippen molar-refractivity contribution in [3.63, 3.8) is 0 Å². The van der Waals surface area contributed by atoms with Crippen LogP contribution in [0.25, 0.3) is 5.57 Å². The van der Waals surface area contributed by atoms with Crippen LogP contribution in [0.3, 0.4) is 0 Å². The summed E-state index contributed by atoms with van der Waals surface area (Å²) in [5.74, 6) is 0. The first-order valence-electron chi connectivity index (χ1n) is 9.71. The summed E-state index contributed by atoms with van der Waals surface area (Å²) in [6.07, 6.45) is 9.20. The quantitative estimate of drug-likeness (QED) is 0.506. The number of benzene rings is 2. The molecule has 0 radical (unpaired) electrons. The van der Waals surface area contributed by atoms with Crippen LogP contribution in [0.4, 0.5) is 0 Å². The number of nitrogens with one attached hydrogen (secondary N) is 1. The van der Waals surface area contributed by atoms with Gasteiger partial charge in [-0.25, -0.2) is 0 Å². The molecule has 2 aromatic rings. The topological polar surface area (TPSA) is 32.3 Å². The Bertz CT molecular complexity index is 747. The molecule has 2 N–H and O–H groups in total. The van der Waals surface area contributed by atoms with E-state index in [4.69, 9.17) is 0 Å². The van der Waals surface area contributed by atoms with Crippen molar-refractivity contribution >= 4 is 37.4 Å². The fourth-order valence-electron chi connectivity index (χ4n) is 3.65. The number of halogens is 2. The molecule has 0 aromatic heterocycles. The molecular formula is C23H27Br2NO. The second-order valence-corrected chi connectivity index (χ2v) is 9.10. The van der Waals surface area contributed by atoms with Crippen LogP contribution in [-0.4, -0.2) is 18.2 Å². The average Bonchev–Trinajstić information content (AvgIpc) is 2.71. The van der Waals surface area contributed by atoms with Crippen molar-refractivity contribution in [2.75, 3.05) is 13.1 Å². The van der Waals surface area contributed by atoms with Gasteiger partial charge in [-0.05, 0) is 92.6 Å². The molecular weight excluding hydrogens is 466 g/mol. The number of aliphatic hydroxyl groups is 1. The van der Waals surface area contributed by atoms with Gasteiger partial charge in [-0.3, -0.25) is 0 Å². The Morgan fingerprint density at radius 3 is 1.96 bits per heavy atom. The highest BCUT2D eigenvalue weighted by Crippen LogP contribution is 2.31. The van der Waals surface area contributed by atoms with Crippen LogP contribution in [-0.2, 0) is 5.60 Å². The zero-order valence-electron chi connectivity index (χ0n) is 15.6. The zero-order valence-corrected chi connectivity index (χ0v) is 18.7. The van der Waals surface area contributed by atoms with E-state index in [1.54, 1.807) is 0 Å². The van der Waals surface area contributed by atoms with Gasteiger partial charge >= 0.3 is 0 Å². The first-order valence-corrected chi connectivity index (χ1v) is 11.3. The van der Waals surface area contributed by atoms with Gasteiger partial charge in [-0.1, -0.05) is 62.2 Å². The van der Waals surface area contributed by atoms with E-state index in [9.17, 15) is 5.11 Å². The molecule has 4 rings (SSSR count). The highest BCUT2D eigenvalue weighted by atomic mass is 79.9. The molecule has 1 heterocycles. The largest absolute Gasteiger partial charge is 0.385 e. The van der Waals surface area contributed by atoms with Crippen molar-refractivity contribution in [3.05, 3.63) is 74.7 Å². The molecule has 2 aliphatic rings. The number of allylic oxidation sites excluding steroid dienone is 2. The van der Waals surface area contributed by atoms with E-state index >= 15 is 0 Å². The van der Waals surface area contributed by atoms with Gasteiger partial charge in [0.2, 0.25) is 0 Å². The van der Waals surface area contributed by atoms with Crippen molar-refractivity contribution < 1.29 is 5.11 Å². The van der Waals surface area contributed by atoms with Crippen molar-refractivity contribution in [1.29, 1.82) is 0 Å².